The van der Waals surface area contributed by atoms with E-state index in [0.717, 1.165) is 23.1 Å². The number of allylic oxidation sites excluding steroid dienone is 1. The number of nitrogens with one attached hydrogen (secondary N) is 1. The van der Waals surface area contributed by atoms with Gasteiger partial charge in [0, 0.05) is 35.3 Å². The van der Waals surface area contributed by atoms with Gasteiger partial charge in [0.1, 0.15) is 0 Å². The van der Waals surface area contributed by atoms with Gasteiger partial charge in [0.05, 0.1) is 6.04 Å². The molecule has 2 aromatic carbocycles. The van der Waals surface area contributed by atoms with Gasteiger partial charge in [-0.05, 0) is 66.3 Å². The highest BCUT2D eigenvalue weighted by atomic mass is 35.5. The summed E-state index contributed by atoms with van der Waals surface area (Å²) in [7, 11) is 0. The summed E-state index contributed by atoms with van der Waals surface area (Å²) < 4.78 is 0. The molecular formula is C25H28ClN3O. The molecule has 4 rings (SSSR count). The number of amides is 1. The third-order valence-electron chi connectivity index (χ3n) is 6.26. The smallest absolute Gasteiger partial charge is 0.251 e. The van der Waals surface area contributed by atoms with Gasteiger partial charge in [-0.2, -0.15) is 0 Å². The molecule has 1 heterocycles. The van der Waals surface area contributed by atoms with Gasteiger partial charge >= 0.3 is 0 Å². The van der Waals surface area contributed by atoms with Crippen LogP contribution in [0.1, 0.15) is 52.9 Å². The lowest BCUT2D eigenvalue weighted by Crippen LogP contribution is -2.26. The van der Waals surface area contributed by atoms with E-state index in [0.29, 0.717) is 29.6 Å². The van der Waals surface area contributed by atoms with Gasteiger partial charge in [0.25, 0.3) is 5.91 Å². The Hall–Kier alpha value is -2.43. The highest BCUT2D eigenvalue weighted by molar-refractivity contribution is 6.30. The van der Waals surface area contributed by atoms with Gasteiger partial charge < -0.3 is 11.1 Å². The summed E-state index contributed by atoms with van der Waals surface area (Å²) in [4.78, 5) is 17.7. The van der Waals surface area contributed by atoms with Gasteiger partial charge in [0.15, 0.2) is 0 Å². The Balaban J connectivity index is 1.59. The Bertz CT molecular complexity index is 1060. The van der Waals surface area contributed by atoms with Crippen LogP contribution >= 0.6 is 11.6 Å². The maximum absolute atomic E-state index is 13.0. The summed E-state index contributed by atoms with van der Waals surface area (Å²) in [5.41, 5.74) is 12.1. The van der Waals surface area contributed by atoms with Crippen molar-refractivity contribution in [3.63, 3.8) is 0 Å². The molecule has 156 valence electrons. The number of aryl methyl sites for hydroxylation is 1. The van der Waals surface area contributed by atoms with Crippen LogP contribution in [-0.4, -0.2) is 18.2 Å². The number of dihydropyridines is 1. The third kappa shape index (κ3) is 3.70. The van der Waals surface area contributed by atoms with E-state index < -0.39 is 0 Å². The number of aliphatic imine (C=N–C) groups is 1. The average Bonchev–Trinajstić information content (AvgIpc) is 3.47. The maximum Gasteiger partial charge on any atom is 0.251 e. The fourth-order valence-electron chi connectivity index (χ4n) is 4.70. The van der Waals surface area contributed by atoms with Gasteiger partial charge in [-0.3, -0.25) is 9.79 Å². The summed E-state index contributed by atoms with van der Waals surface area (Å²) in [5.74, 6) is 0.350. The van der Waals surface area contributed by atoms with Crippen molar-refractivity contribution in [2.45, 2.75) is 51.7 Å². The molecule has 0 saturated heterocycles. The minimum atomic E-state index is -0.0918. The Labute approximate surface area is 183 Å². The maximum atomic E-state index is 13.0. The second-order valence-corrected chi connectivity index (χ2v) is 9.09. The number of fused-ring (bicyclic) bond motifs is 1. The van der Waals surface area contributed by atoms with Gasteiger partial charge in [-0.1, -0.05) is 48.7 Å². The number of nitrogens with zero attached hydrogens (tertiary/aromatic N) is 1. The Morgan fingerprint density at radius 3 is 2.80 bits per heavy atom. The zero-order valence-electron chi connectivity index (χ0n) is 17.7. The van der Waals surface area contributed by atoms with Crippen LogP contribution in [0.5, 0.6) is 0 Å². The first-order valence-corrected chi connectivity index (χ1v) is 10.8. The van der Waals surface area contributed by atoms with Crippen LogP contribution in [0.25, 0.3) is 0 Å². The second-order valence-electron chi connectivity index (χ2n) is 8.65. The number of benzene rings is 2. The van der Waals surface area contributed by atoms with E-state index >= 15 is 0 Å². The molecule has 1 saturated carbocycles. The first-order chi connectivity index (χ1) is 14.3. The number of nitrogens with two attached hydrogens (primary N) is 1. The molecule has 2 unspecified atom stereocenters. The van der Waals surface area contributed by atoms with Gasteiger partial charge in [0.2, 0.25) is 0 Å². The van der Waals surface area contributed by atoms with E-state index in [2.05, 4.69) is 36.3 Å². The lowest BCUT2D eigenvalue weighted by atomic mass is 9.79. The Morgan fingerprint density at radius 2 is 2.07 bits per heavy atom. The zero-order chi connectivity index (χ0) is 21.5. The number of rotatable bonds is 6. The summed E-state index contributed by atoms with van der Waals surface area (Å²) in [6.45, 7) is 7.30. The topological polar surface area (TPSA) is 67.5 Å². The highest BCUT2D eigenvalue weighted by Gasteiger charge is 2.59. The van der Waals surface area contributed by atoms with Crippen LogP contribution in [0.15, 0.2) is 53.0 Å². The van der Waals surface area contributed by atoms with Crippen molar-refractivity contribution in [2.24, 2.45) is 16.6 Å². The fourth-order valence-corrected chi connectivity index (χ4v) is 4.90. The molecular weight excluding hydrogens is 394 g/mol. The van der Waals surface area contributed by atoms with Crippen molar-refractivity contribution in [1.29, 1.82) is 0 Å². The van der Waals surface area contributed by atoms with Crippen molar-refractivity contribution in [1.82, 2.24) is 5.32 Å². The van der Waals surface area contributed by atoms with Crippen molar-refractivity contribution < 1.29 is 4.79 Å². The molecule has 0 spiro atoms. The lowest BCUT2D eigenvalue weighted by molar-refractivity contribution is 0.0950. The van der Waals surface area contributed by atoms with E-state index in [-0.39, 0.29) is 17.4 Å². The largest absolute Gasteiger partial charge is 0.348 e. The molecule has 3 N–H and O–H groups in total. The van der Waals surface area contributed by atoms with E-state index in [4.69, 9.17) is 17.3 Å². The standard InChI is InChI=1S/C25H28ClN3O/c1-15(2)22-6-7-28-23-12-25(22,23)20-9-16(3)8-18(10-20)24(30)29-14-19-11-21(26)5-4-17(19)13-27/h4-11,15,23H,12-14,27H2,1-3H3,(H,29,30). The average molecular weight is 422 g/mol. The zero-order valence-corrected chi connectivity index (χ0v) is 18.5. The third-order valence-corrected chi connectivity index (χ3v) is 6.50. The molecule has 4 nitrogen and oxygen atoms in total. The molecule has 2 atom stereocenters. The van der Waals surface area contributed by atoms with Crippen LogP contribution in [0, 0.1) is 12.8 Å². The van der Waals surface area contributed by atoms with Gasteiger partial charge in [-0.15, -0.1) is 0 Å². The molecule has 2 aromatic rings. The monoisotopic (exact) mass is 421 g/mol. The molecule has 0 radical (unpaired) electrons. The fraction of sp³-hybridized carbons (Fsp3) is 0.360. The summed E-state index contributed by atoms with van der Waals surface area (Å²) in [6, 6.07) is 12.1. The normalized spacial score (nSPS) is 21.9. The number of hydrogen-bond acceptors (Lipinski definition) is 3. The predicted octanol–water partition coefficient (Wildman–Crippen LogP) is 4.71. The first kappa shape index (κ1) is 20.8. The molecule has 1 aliphatic heterocycles. The summed E-state index contributed by atoms with van der Waals surface area (Å²) >= 11 is 6.12. The number of halogens is 1. The van der Waals surface area contributed by atoms with E-state index in [1.807, 2.05) is 43.5 Å². The molecule has 5 heteroatoms. The first-order valence-electron chi connectivity index (χ1n) is 10.5. The van der Waals surface area contributed by atoms with Crippen molar-refractivity contribution in [3.8, 4) is 0 Å². The van der Waals surface area contributed by atoms with Crippen LogP contribution in [0.2, 0.25) is 5.02 Å². The SMILES string of the molecule is Cc1cc(C(=O)NCc2cc(Cl)ccc2CN)cc(C23CC2N=CC=C3C(C)C)c1. The summed E-state index contributed by atoms with van der Waals surface area (Å²) in [6.07, 6.45) is 5.11. The van der Waals surface area contributed by atoms with Crippen LogP contribution in [-0.2, 0) is 18.5 Å². The molecule has 1 aliphatic carbocycles. The van der Waals surface area contributed by atoms with Crippen molar-refractivity contribution >= 4 is 23.7 Å². The molecule has 0 aromatic heterocycles. The predicted molar refractivity (Wildman–Crippen MR) is 123 cm³/mol. The molecule has 1 fully saturated rings. The lowest BCUT2D eigenvalue weighted by Gasteiger charge is -2.26. The minimum Gasteiger partial charge on any atom is -0.348 e. The van der Waals surface area contributed by atoms with Crippen molar-refractivity contribution in [3.05, 3.63) is 80.9 Å². The summed E-state index contributed by atoms with van der Waals surface area (Å²) in [5, 5.41) is 3.68. The van der Waals surface area contributed by atoms with Crippen molar-refractivity contribution in [2.75, 3.05) is 0 Å². The Morgan fingerprint density at radius 1 is 1.27 bits per heavy atom. The number of hydrogen-bond donors (Lipinski definition) is 2. The molecule has 2 aliphatic rings. The molecule has 0 bridgehead atoms. The van der Waals surface area contributed by atoms with E-state index in [9.17, 15) is 4.79 Å². The van der Waals surface area contributed by atoms with E-state index in [1.54, 1.807) is 0 Å². The molecule has 1 amide bonds. The highest BCUT2D eigenvalue weighted by Crippen LogP contribution is 2.59. The second kappa shape index (κ2) is 8.01. The number of carbonyl (C=O) groups is 1. The van der Waals surface area contributed by atoms with Crippen LogP contribution in [0.4, 0.5) is 0 Å². The Kier molecular flexibility index (Phi) is 5.56. The van der Waals surface area contributed by atoms with E-state index in [1.165, 1.54) is 11.1 Å². The van der Waals surface area contributed by atoms with Gasteiger partial charge in [-0.25, -0.2) is 0 Å². The quantitative estimate of drug-likeness (QED) is 0.708. The number of carbonyl (C=O) groups excluding carboxylic acids is 1. The van der Waals surface area contributed by atoms with Crippen LogP contribution < -0.4 is 11.1 Å². The molecule has 30 heavy (non-hydrogen) atoms. The van der Waals surface area contributed by atoms with Crippen LogP contribution in [0.3, 0.4) is 0 Å². The minimum absolute atomic E-state index is 0.0519.